The monoisotopic (exact) mass is 358 g/mol. The van der Waals surface area contributed by atoms with E-state index in [0.29, 0.717) is 35.2 Å². The maximum absolute atomic E-state index is 11.9. The highest BCUT2D eigenvalue weighted by molar-refractivity contribution is 5.86. The summed E-state index contributed by atoms with van der Waals surface area (Å²) in [6, 6.07) is 12.5. The van der Waals surface area contributed by atoms with Crippen molar-refractivity contribution in [2.75, 3.05) is 27.4 Å². The summed E-state index contributed by atoms with van der Waals surface area (Å²) in [5.41, 5.74) is 3.09. The van der Waals surface area contributed by atoms with Crippen molar-refractivity contribution in [1.29, 1.82) is 0 Å². The van der Waals surface area contributed by atoms with Crippen LogP contribution in [0.15, 0.2) is 47.6 Å². The van der Waals surface area contributed by atoms with Gasteiger partial charge in [0, 0.05) is 5.56 Å². The quantitative estimate of drug-likeness (QED) is 0.551. The molecule has 0 aromatic heterocycles. The van der Waals surface area contributed by atoms with E-state index in [1.54, 1.807) is 44.6 Å². The maximum Gasteiger partial charge on any atom is 0.277 e. The molecule has 0 aliphatic rings. The number of carbonyl (C=O) groups is 1. The lowest BCUT2D eigenvalue weighted by Crippen LogP contribution is -2.24. The first kappa shape index (κ1) is 19.1. The van der Waals surface area contributed by atoms with Gasteiger partial charge in [-0.3, -0.25) is 4.79 Å². The Labute approximate surface area is 152 Å². The van der Waals surface area contributed by atoms with E-state index in [4.69, 9.17) is 18.9 Å². The summed E-state index contributed by atoms with van der Waals surface area (Å²) in [5, 5.41) is 3.93. The van der Waals surface area contributed by atoms with Gasteiger partial charge in [-0.25, -0.2) is 5.43 Å². The van der Waals surface area contributed by atoms with E-state index >= 15 is 0 Å². The van der Waals surface area contributed by atoms with Crippen molar-refractivity contribution in [3.8, 4) is 23.0 Å². The number of hydrazone groups is 1. The molecule has 0 saturated carbocycles. The molecule has 0 heterocycles. The Morgan fingerprint density at radius 2 is 1.77 bits per heavy atom. The lowest BCUT2D eigenvalue weighted by Gasteiger charge is -2.10. The lowest BCUT2D eigenvalue weighted by atomic mass is 10.2. The Morgan fingerprint density at radius 3 is 2.42 bits per heavy atom. The highest BCUT2D eigenvalue weighted by atomic mass is 16.5. The van der Waals surface area contributed by atoms with Gasteiger partial charge in [0.05, 0.1) is 27.0 Å². The zero-order valence-corrected chi connectivity index (χ0v) is 15.0. The number of para-hydroxylation sites is 2. The highest BCUT2D eigenvalue weighted by Crippen LogP contribution is 2.26. The van der Waals surface area contributed by atoms with Gasteiger partial charge in [-0.2, -0.15) is 5.10 Å². The first-order valence-corrected chi connectivity index (χ1v) is 8.06. The fraction of sp³-hybridized carbons (Fsp3) is 0.263. The summed E-state index contributed by atoms with van der Waals surface area (Å²) in [5.74, 6) is 1.98. The van der Waals surface area contributed by atoms with Crippen LogP contribution in [0.25, 0.3) is 0 Å². The molecule has 1 amide bonds. The molecule has 26 heavy (non-hydrogen) atoms. The summed E-state index contributed by atoms with van der Waals surface area (Å²) in [6.07, 6.45) is 1.48. The third kappa shape index (κ3) is 5.41. The molecule has 0 bridgehead atoms. The van der Waals surface area contributed by atoms with Crippen LogP contribution in [-0.4, -0.2) is 39.6 Å². The molecule has 0 fully saturated rings. The number of nitrogens with one attached hydrogen (secondary N) is 1. The van der Waals surface area contributed by atoms with Crippen molar-refractivity contribution < 1.29 is 23.7 Å². The molecule has 2 rings (SSSR count). The van der Waals surface area contributed by atoms with E-state index in [1.165, 1.54) is 6.21 Å². The van der Waals surface area contributed by atoms with E-state index < -0.39 is 5.91 Å². The molecule has 0 aliphatic heterocycles. The minimum Gasteiger partial charge on any atom is -0.497 e. The fourth-order valence-electron chi connectivity index (χ4n) is 2.13. The summed E-state index contributed by atoms with van der Waals surface area (Å²) >= 11 is 0. The van der Waals surface area contributed by atoms with Gasteiger partial charge in [-0.1, -0.05) is 12.1 Å². The normalized spacial score (nSPS) is 10.4. The molecule has 138 valence electrons. The molecule has 7 heteroatoms. The third-order valence-corrected chi connectivity index (χ3v) is 3.34. The maximum atomic E-state index is 11.9. The molecule has 0 atom stereocenters. The molecule has 0 radical (unpaired) electrons. The molecule has 0 saturated heterocycles. The molecule has 1 N–H and O–H groups in total. The van der Waals surface area contributed by atoms with E-state index in [9.17, 15) is 4.79 Å². The van der Waals surface area contributed by atoms with Gasteiger partial charge in [0.1, 0.15) is 11.5 Å². The van der Waals surface area contributed by atoms with Crippen LogP contribution in [0.4, 0.5) is 0 Å². The number of hydrogen-bond acceptors (Lipinski definition) is 6. The molecular weight excluding hydrogens is 336 g/mol. The van der Waals surface area contributed by atoms with E-state index in [0.717, 1.165) is 0 Å². The highest BCUT2D eigenvalue weighted by Gasteiger charge is 2.07. The van der Waals surface area contributed by atoms with Crippen LogP contribution in [-0.2, 0) is 4.79 Å². The SMILES string of the molecule is CCOc1ccccc1OCC(=O)N/N=C\c1cc(OC)ccc1OC. The molecule has 7 nitrogen and oxygen atoms in total. The number of carbonyl (C=O) groups excluding carboxylic acids is 1. The van der Waals surface area contributed by atoms with Gasteiger partial charge in [0.2, 0.25) is 0 Å². The Morgan fingerprint density at radius 1 is 1.04 bits per heavy atom. The van der Waals surface area contributed by atoms with Crippen LogP contribution in [0.2, 0.25) is 0 Å². The predicted octanol–water partition coefficient (Wildman–Crippen LogP) is 2.63. The summed E-state index contributed by atoms with van der Waals surface area (Å²) < 4.78 is 21.3. The Kier molecular flexibility index (Phi) is 7.30. The number of rotatable bonds is 9. The third-order valence-electron chi connectivity index (χ3n) is 3.34. The number of amides is 1. The first-order valence-electron chi connectivity index (χ1n) is 8.06. The van der Waals surface area contributed by atoms with Gasteiger partial charge in [0.15, 0.2) is 18.1 Å². The minimum absolute atomic E-state index is 0.184. The molecule has 2 aromatic rings. The largest absolute Gasteiger partial charge is 0.497 e. The average molecular weight is 358 g/mol. The number of ether oxygens (including phenoxy) is 4. The summed E-state index contributed by atoms with van der Waals surface area (Å²) in [4.78, 5) is 11.9. The topological polar surface area (TPSA) is 78.4 Å². The van der Waals surface area contributed by atoms with E-state index in [-0.39, 0.29) is 6.61 Å². The first-order chi connectivity index (χ1) is 12.7. The van der Waals surface area contributed by atoms with Gasteiger partial charge in [0.25, 0.3) is 5.91 Å². The summed E-state index contributed by atoms with van der Waals surface area (Å²) in [7, 11) is 3.13. The minimum atomic E-state index is -0.394. The zero-order valence-electron chi connectivity index (χ0n) is 15.0. The second-order valence-electron chi connectivity index (χ2n) is 5.07. The van der Waals surface area contributed by atoms with Gasteiger partial charge < -0.3 is 18.9 Å². The van der Waals surface area contributed by atoms with E-state index in [1.807, 2.05) is 19.1 Å². The van der Waals surface area contributed by atoms with Crippen molar-refractivity contribution in [1.82, 2.24) is 5.43 Å². The number of benzene rings is 2. The van der Waals surface area contributed by atoms with E-state index in [2.05, 4.69) is 10.5 Å². The lowest BCUT2D eigenvalue weighted by molar-refractivity contribution is -0.123. The van der Waals surface area contributed by atoms with Gasteiger partial charge in [-0.05, 0) is 37.3 Å². The van der Waals surface area contributed by atoms with Gasteiger partial charge >= 0.3 is 0 Å². The Hall–Kier alpha value is -3.22. The standard InChI is InChI=1S/C19H22N2O5/c1-4-25-17-7-5-6-8-18(17)26-13-19(22)21-20-12-14-11-15(23-2)9-10-16(14)24-3/h5-12H,4,13H2,1-3H3,(H,21,22)/b20-12-. The van der Waals surface area contributed by atoms with Gasteiger partial charge in [-0.15, -0.1) is 0 Å². The Balaban J connectivity index is 1.92. The second-order valence-corrected chi connectivity index (χ2v) is 5.07. The van der Waals surface area contributed by atoms with Crippen LogP contribution in [0.5, 0.6) is 23.0 Å². The number of hydrogen-bond donors (Lipinski definition) is 1. The number of methoxy groups -OCH3 is 2. The van der Waals surface area contributed by atoms with Crippen molar-refractivity contribution in [3.05, 3.63) is 48.0 Å². The fourth-order valence-corrected chi connectivity index (χ4v) is 2.13. The molecule has 2 aromatic carbocycles. The van der Waals surface area contributed by atoms with Crippen LogP contribution >= 0.6 is 0 Å². The van der Waals surface area contributed by atoms with Crippen molar-refractivity contribution in [3.63, 3.8) is 0 Å². The predicted molar refractivity (Wildman–Crippen MR) is 98.4 cm³/mol. The zero-order chi connectivity index (χ0) is 18.8. The van der Waals surface area contributed by atoms with Crippen LogP contribution in [0.1, 0.15) is 12.5 Å². The van der Waals surface area contributed by atoms with Crippen molar-refractivity contribution in [2.24, 2.45) is 5.10 Å². The van der Waals surface area contributed by atoms with Crippen molar-refractivity contribution >= 4 is 12.1 Å². The summed E-state index contributed by atoms with van der Waals surface area (Å²) in [6.45, 7) is 2.21. The molecular formula is C19H22N2O5. The molecule has 0 aliphatic carbocycles. The van der Waals surface area contributed by atoms with Crippen LogP contribution in [0.3, 0.4) is 0 Å². The van der Waals surface area contributed by atoms with Crippen LogP contribution < -0.4 is 24.4 Å². The van der Waals surface area contributed by atoms with Crippen molar-refractivity contribution in [2.45, 2.75) is 6.92 Å². The molecule has 0 spiro atoms. The average Bonchev–Trinajstić information content (AvgIpc) is 2.67. The Bertz CT molecular complexity index is 761. The molecule has 0 unspecified atom stereocenters. The number of nitrogens with zero attached hydrogens (tertiary/aromatic N) is 1. The van der Waals surface area contributed by atoms with Crippen LogP contribution in [0, 0.1) is 0 Å². The second kappa shape index (κ2) is 9.93. The smallest absolute Gasteiger partial charge is 0.277 e.